The van der Waals surface area contributed by atoms with E-state index in [9.17, 15) is 29.7 Å². The van der Waals surface area contributed by atoms with Gasteiger partial charge in [-0.3, -0.25) is 14.4 Å². The molecule has 75 heavy (non-hydrogen) atoms. The van der Waals surface area contributed by atoms with Gasteiger partial charge in [-0.15, -0.1) is 0 Å². The number of nitrogens with one attached hydrogen (secondary N) is 2. The molecular weight excluding hydrogens is 945 g/mol. The molecule has 0 saturated carbocycles. The van der Waals surface area contributed by atoms with E-state index in [4.69, 9.17) is 14.2 Å². The van der Waals surface area contributed by atoms with Crippen LogP contribution in [0.1, 0.15) is 105 Å². The first-order chi connectivity index (χ1) is 36.3. The van der Waals surface area contributed by atoms with Crippen molar-refractivity contribution in [2.24, 2.45) is 5.92 Å². The minimum atomic E-state index is -0.692. The number of ketones is 2. The van der Waals surface area contributed by atoms with Crippen LogP contribution in [0, 0.1) is 5.92 Å². The Morgan fingerprint density at radius 2 is 1.59 bits per heavy atom. The van der Waals surface area contributed by atoms with Crippen molar-refractivity contribution < 1.29 is 43.9 Å². The van der Waals surface area contributed by atoms with Crippen molar-refractivity contribution in [2.75, 3.05) is 25.1 Å². The summed E-state index contributed by atoms with van der Waals surface area (Å²) in [6, 6.07) is 30.9. The molecule has 2 aliphatic rings. The Morgan fingerprint density at radius 1 is 0.787 bits per heavy atom. The first-order valence-corrected chi connectivity index (χ1v) is 25.9. The van der Waals surface area contributed by atoms with Gasteiger partial charge in [-0.05, 0) is 132 Å². The molecule has 4 atom stereocenters. The fourth-order valence-electron chi connectivity index (χ4n) is 10.8. The lowest BCUT2D eigenvalue weighted by Crippen LogP contribution is -2.35. The fourth-order valence-corrected chi connectivity index (χ4v) is 10.8. The number of nitrogens with zero attached hydrogens (tertiary/aromatic N) is 2. The highest BCUT2D eigenvalue weighted by Gasteiger charge is 2.29. The summed E-state index contributed by atoms with van der Waals surface area (Å²) in [4.78, 5) is 45.7. The smallest absolute Gasteiger partial charge is 0.302 e. The summed E-state index contributed by atoms with van der Waals surface area (Å²) in [6.07, 6.45) is 16.1. The number of H-pyrrole nitrogens is 1. The van der Waals surface area contributed by atoms with Crippen LogP contribution in [0.3, 0.4) is 0 Å². The number of aromatic hydroxyl groups is 3. The average Bonchev–Trinajstić information content (AvgIpc) is 4.03. The largest absolute Gasteiger partial charge is 0.508 e. The SMILES string of the molecule is CCC1CCC(OC(C)=O)CC(=O)CC(c2cc(O)c(Oc3cc(O)cc(Cc4ccccc4)c3)c(OC)c2)n2cc3cccc(c3c2)N(CCC(C)=O)C2=CC(=CCN2)C(c2cccc(O)c2)Cc2c[nH]cc2C1. The van der Waals surface area contributed by atoms with Crippen LogP contribution in [0.25, 0.3) is 10.8 Å². The summed E-state index contributed by atoms with van der Waals surface area (Å²) in [5.41, 5.74) is 7.64. The molecule has 13 nitrogen and oxygen atoms in total. The standard InChI is InChI=1S/C62H66N4O9/c1-5-41-17-18-53(74-40(3)68)32-52(71)34-58(47-29-59(72)62(60(30-47)73-4)75-54-26-43(25-51(70)33-54)23-42-11-7-6-8-12-42)65-37-46-14-10-16-57(56(46)38-65)66(22-20-39(2)67)61-31-45(19-21-64-61)55(44-13-9-15-50(69)27-44)28-49-36-63-35-48(49)24-41/h6-16,19,25-27,29-31,33,35-38,41,53,55,58,63-64,69-70,72H,5,17-18,20-24,28,32,34H2,1-4H3. The van der Waals surface area contributed by atoms with Gasteiger partial charge < -0.3 is 49.3 Å². The van der Waals surface area contributed by atoms with E-state index in [1.54, 1.807) is 37.3 Å². The zero-order chi connectivity index (χ0) is 52.6. The van der Waals surface area contributed by atoms with Gasteiger partial charge in [0.25, 0.3) is 0 Å². The van der Waals surface area contributed by atoms with Gasteiger partial charge in [-0.2, -0.15) is 0 Å². The Labute approximate surface area is 438 Å². The highest BCUT2D eigenvalue weighted by molar-refractivity contribution is 5.95. The van der Waals surface area contributed by atoms with Gasteiger partial charge >= 0.3 is 5.97 Å². The number of phenols is 3. The number of phenolic OH excluding ortho intramolecular Hbond substituents is 3. The van der Waals surface area contributed by atoms with Crippen LogP contribution in [-0.4, -0.2) is 68.7 Å². The first-order valence-electron chi connectivity index (χ1n) is 25.9. The third-order valence-electron chi connectivity index (χ3n) is 14.5. The third-order valence-corrected chi connectivity index (χ3v) is 14.5. The van der Waals surface area contributed by atoms with Crippen LogP contribution in [0.5, 0.6) is 34.5 Å². The Bertz CT molecular complexity index is 3240. The number of dihydropyridines is 1. The van der Waals surface area contributed by atoms with E-state index in [1.807, 2.05) is 77.6 Å². The van der Waals surface area contributed by atoms with Crippen LogP contribution in [-0.2, 0) is 38.4 Å². The summed E-state index contributed by atoms with van der Waals surface area (Å²) in [5, 5.41) is 38.8. The zero-order valence-corrected chi connectivity index (χ0v) is 43.1. The van der Waals surface area contributed by atoms with Gasteiger partial charge in [-0.1, -0.05) is 74.0 Å². The van der Waals surface area contributed by atoms with Crippen molar-refractivity contribution in [1.82, 2.24) is 14.9 Å². The van der Waals surface area contributed by atoms with Crippen LogP contribution in [0.15, 0.2) is 151 Å². The Kier molecular flexibility index (Phi) is 16.1. The maximum Gasteiger partial charge on any atom is 0.302 e. The molecule has 5 N–H and O–H groups in total. The van der Waals surface area contributed by atoms with Crippen molar-refractivity contribution in [3.8, 4) is 34.5 Å². The molecule has 13 heteroatoms. The molecule has 0 fully saturated rings. The number of hydrogen-bond donors (Lipinski definition) is 5. The Hall–Kier alpha value is -8.19. The first kappa shape index (κ1) is 51.7. The van der Waals surface area contributed by atoms with E-state index in [2.05, 4.69) is 52.7 Å². The predicted molar refractivity (Wildman–Crippen MR) is 291 cm³/mol. The summed E-state index contributed by atoms with van der Waals surface area (Å²) < 4.78 is 20.1. The monoisotopic (exact) mass is 1010 g/mol. The molecule has 0 spiro atoms. The maximum absolute atomic E-state index is 14.7. The summed E-state index contributed by atoms with van der Waals surface area (Å²) >= 11 is 0. The van der Waals surface area contributed by atoms with E-state index < -0.39 is 18.1 Å². The highest BCUT2D eigenvalue weighted by atomic mass is 16.5. The minimum Gasteiger partial charge on any atom is -0.508 e. The summed E-state index contributed by atoms with van der Waals surface area (Å²) in [6.45, 7) is 6.03. The third kappa shape index (κ3) is 12.6. The molecule has 9 rings (SSSR count). The van der Waals surface area contributed by atoms with Gasteiger partial charge in [0.15, 0.2) is 11.5 Å². The van der Waals surface area contributed by atoms with E-state index >= 15 is 0 Å². The molecule has 2 aliphatic heterocycles. The van der Waals surface area contributed by atoms with Crippen molar-refractivity contribution in [1.29, 1.82) is 0 Å². The maximum atomic E-state index is 14.7. The molecule has 388 valence electrons. The van der Waals surface area contributed by atoms with Crippen molar-refractivity contribution in [3.05, 3.63) is 185 Å². The number of aromatic nitrogens is 2. The normalized spacial score (nSPS) is 18.5. The Balaban J connectivity index is 1.15. The number of methoxy groups -OCH3 is 1. The highest BCUT2D eigenvalue weighted by Crippen LogP contribution is 2.45. The molecule has 0 amide bonds. The number of hydrogen-bond acceptors (Lipinski definition) is 11. The van der Waals surface area contributed by atoms with Gasteiger partial charge in [-0.25, -0.2) is 0 Å². The van der Waals surface area contributed by atoms with Gasteiger partial charge in [0.1, 0.15) is 40.7 Å². The van der Waals surface area contributed by atoms with E-state index in [0.717, 1.165) is 69.4 Å². The number of allylic oxidation sites excluding steroid dienone is 2. The lowest BCUT2D eigenvalue weighted by molar-refractivity contribution is -0.148. The van der Waals surface area contributed by atoms with Gasteiger partial charge in [0.2, 0.25) is 5.75 Å². The molecule has 7 aromatic rings. The molecule has 0 saturated heterocycles. The average molecular weight is 1010 g/mol. The van der Waals surface area contributed by atoms with E-state index in [-0.39, 0.29) is 71.4 Å². The van der Waals surface area contributed by atoms with Crippen molar-refractivity contribution >= 4 is 34.0 Å². The number of Topliss-reactive ketones (excluding diaryl/α,β-unsaturated/α-hetero) is 2. The van der Waals surface area contributed by atoms with Crippen LogP contribution >= 0.6 is 0 Å². The number of fused-ring (bicyclic) bond motifs is 3. The van der Waals surface area contributed by atoms with Crippen LogP contribution in [0.2, 0.25) is 0 Å². The molecule has 5 aromatic carbocycles. The zero-order valence-electron chi connectivity index (χ0n) is 43.1. The molecule has 4 bridgehead atoms. The second-order valence-electron chi connectivity index (χ2n) is 20.0. The minimum absolute atomic E-state index is 0.00163. The molecule has 4 unspecified atom stereocenters. The quantitative estimate of drug-likeness (QED) is 0.0737. The number of ether oxygens (including phenoxy) is 3. The molecule has 0 aliphatic carbocycles. The fraction of sp³-hybridized carbons (Fsp3) is 0.306. The molecule has 2 aromatic heterocycles. The Morgan fingerprint density at radius 3 is 2.35 bits per heavy atom. The van der Waals surface area contributed by atoms with Crippen LogP contribution in [0.4, 0.5) is 5.69 Å². The number of carbonyl (C=O) groups excluding carboxylic acids is 3. The summed E-state index contributed by atoms with van der Waals surface area (Å²) in [7, 11) is 1.48. The van der Waals surface area contributed by atoms with E-state index in [0.29, 0.717) is 43.7 Å². The lowest BCUT2D eigenvalue weighted by atomic mass is 9.82. The second-order valence-corrected chi connectivity index (χ2v) is 20.0. The number of carbonyl (C=O) groups is 3. The van der Waals surface area contributed by atoms with Gasteiger partial charge in [0.05, 0.1) is 18.8 Å². The molecule has 0 radical (unpaired) electrons. The van der Waals surface area contributed by atoms with Crippen molar-refractivity contribution in [3.63, 3.8) is 0 Å². The number of rotatable bonds is 12. The number of esters is 1. The second kappa shape index (κ2) is 23.3. The van der Waals surface area contributed by atoms with Crippen LogP contribution < -0.4 is 19.7 Å². The topological polar surface area (TPSA) is 176 Å². The van der Waals surface area contributed by atoms with Gasteiger partial charge in [0, 0.05) is 86.8 Å². The molecular formula is C62H66N4O9. The van der Waals surface area contributed by atoms with E-state index in [1.165, 1.54) is 25.7 Å². The summed E-state index contributed by atoms with van der Waals surface area (Å²) in [5.74, 6) is 0.837. The molecule has 4 heterocycles. The predicted octanol–water partition coefficient (Wildman–Crippen LogP) is 11.9. The lowest BCUT2D eigenvalue weighted by Gasteiger charge is -2.32. The number of anilines is 1. The van der Waals surface area contributed by atoms with Crippen molar-refractivity contribution in [2.45, 2.75) is 96.6 Å². The number of aromatic amines is 1. The number of benzene rings is 5.